The molecule has 4 aromatic heterocycles. The number of hydrogen-bond acceptors (Lipinski definition) is 10. The van der Waals surface area contributed by atoms with Crippen molar-refractivity contribution in [1.82, 2.24) is 40.1 Å². The Bertz CT molecular complexity index is 1460. The van der Waals surface area contributed by atoms with Gasteiger partial charge in [0, 0.05) is 23.9 Å². The van der Waals surface area contributed by atoms with Crippen LogP contribution < -0.4 is 4.74 Å². The molecule has 0 saturated heterocycles. The largest absolute Gasteiger partial charge is 0.481 e. The van der Waals surface area contributed by atoms with Crippen molar-refractivity contribution >= 4 is 23.8 Å². The van der Waals surface area contributed by atoms with E-state index in [1.54, 1.807) is 48.0 Å². The van der Waals surface area contributed by atoms with Gasteiger partial charge < -0.3 is 13.7 Å². The molecule has 0 saturated carbocycles. The Balaban J connectivity index is 1.52. The lowest BCUT2D eigenvalue weighted by molar-refractivity contribution is 0.398. The molecule has 0 fully saturated rings. The highest BCUT2D eigenvalue weighted by Crippen LogP contribution is 2.28. The van der Waals surface area contributed by atoms with Crippen LogP contribution in [0.4, 0.5) is 0 Å². The molecule has 0 atom stereocenters. The van der Waals surface area contributed by atoms with E-state index >= 15 is 0 Å². The van der Waals surface area contributed by atoms with Crippen molar-refractivity contribution in [1.29, 1.82) is 0 Å². The van der Waals surface area contributed by atoms with Gasteiger partial charge in [0.05, 0.1) is 17.8 Å². The van der Waals surface area contributed by atoms with Crippen molar-refractivity contribution in [2.24, 2.45) is 0 Å². The van der Waals surface area contributed by atoms with Crippen LogP contribution in [0.25, 0.3) is 41.0 Å². The van der Waals surface area contributed by atoms with Gasteiger partial charge >= 0.3 is 0 Å². The van der Waals surface area contributed by atoms with Gasteiger partial charge in [-0.15, -0.1) is 20.4 Å². The molecule has 0 spiro atoms. The van der Waals surface area contributed by atoms with Crippen LogP contribution in [0, 0.1) is 6.92 Å². The quantitative estimate of drug-likeness (QED) is 0.366. The standard InChI is InChI=1S/C21H15ClN8O3/c1-12-24-21(33-29-12)19-27-25-16(30(19)15-6-4-3-5-14(15)22)7-8-17-26-28-20(32-17)13-9-10-23-18(11-13)31-2/h3-11H,1-2H3. The molecule has 1 aromatic carbocycles. The van der Waals surface area contributed by atoms with Crippen LogP contribution >= 0.6 is 11.6 Å². The van der Waals surface area contributed by atoms with Crippen molar-refractivity contribution in [3.8, 4) is 34.7 Å². The van der Waals surface area contributed by atoms with Gasteiger partial charge in [-0.05, 0) is 31.2 Å². The van der Waals surface area contributed by atoms with Gasteiger partial charge in [-0.25, -0.2) is 4.98 Å². The molecule has 0 N–H and O–H groups in total. The summed E-state index contributed by atoms with van der Waals surface area (Å²) in [5.74, 6) is 2.51. The summed E-state index contributed by atoms with van der Waals surface area (Å²) >= 11 is 6.44. The number of methoxy groups -OCH3 is 1. The first-order chi connectivity index (χ1) is 16.1. The van der Waals surface area contributed by atoms with Crippen LogP contribution in [0.5, 0.6) is 5.88 Å². The molecule has 0 aliphatic heterocycles. The minimum Gasteiger partial charge on any atom is -0.481 e. The number of aromatic nitrogens is 8. The number of aryl methyl sites for hydroxylation is 1. The van der Waals surface area contributed by atoms with E-state index in [1.807, 2.05) is 18.2 Å². The minimum atomic E-state index is 0.214. The number of pyridine rings is 1. The zero-order valence-corrected chi connectivity index (χ0v) is 18.1. The van der Waals surface area contributed by atoms with Gasteiger partial charge in [0.25, 0.3) is 5.89 Å². The second-order valence-electron chi connectivity index (χ2n) is 6.68. The Morgan fingerprint density at radius 2 is 1.91 bits per heavy atom. The Labute approximate surface area is 191 Å². The Kier molecular flexibility index (Phi) is 5.37. The molecule has 0 aliphatic rings. The van der Waals surface area contributed by atoms with Crippen molar-refractivity contribution in [2.75, 3.05) is 7.11 Å². The molecule has 0 unspecified atom stereocenters. The fraction of sp³-hybridized carbons (Fsp3) is 0.0952. The summed E-state index contributed by atoms with van der Waals surface area (Å²) in [6.07, 6.45) is 4.89. The lowest BCUT2D eigenvalue weighted by Crippen LogP contribution is -2.01. The van der Waals surface area contributed by atoms with E-state index < -0.39 is 0 Å². The molecule has 0 aliphatic carbocycles. The van der Waals surface area contributed by atoms with E-state index in [1.165, 1.54) is 7.11 Å². The number of ether oxygens (including phenoxy) is 1. The monoisotopic (exact) mass is 462 g/mol. The molecule has 0 radical (unpaired) electrons. The van der Waals surface area contributed by atoms with Crippen LogP contribution in [0.1, 0.15) is 17.5 Å². The maximum Gasteiger partial charge on any atom is 0.296 e. The van der Waals surface area contributed by atoms with Gasteiger partial charge in [0.2, 0.25) is 23.5 Å². The maximum atomic E-state index is 6.44. The fourth-order valence-electron chi connectivity index (χ4n) is 3.02. The van der Waals surface area contributed by atoms with Crippen molar-refractivity contribution in [3.05, 3.63) is 65.2 Å². The first-order valence-electron chi connectivity index (χ1n) is 9.65. The van der Waals surface area contributed by atoms with E-state index in [2.05, 4.69) is 35.5 Å². The van der Waals surface area contributed by atoms with Crippen LogP contribution in [0.2, 0.25) is 5.02 Å². The maximum absolute atomic E-state index is 6.44. The van der Waals surface area contributed by atoms with Gasteiger partial charge in [-0.3, -0.25) is 4.57 Å². The van der Waals surface area contributed by atoms with Crippen LogP contribution in [0.15, 0.2) is 51.5 Å². The molecular formula is C21H15ClN8O3. The van der Waals surface area contributed by atoms with Gasteiger partial charge in [0.15, 0.2) is 11.6 Å². The molecule has 5 rings (SSSR count). The third-order valence-corrected chi connectivity index (χ3v) is 4.83. The highest BCUT2D eigenvalue weighted by Gasteiger charge is 2.20. The molecule has 33 heavy (non-hydrogen) atoms. The Morgan fingerprint density at radius 3 is 2.70 bits per heavy atom. The van der Waals surface area contributed by atoms with Gasteiger partial charge in [0.1, 0.15) is 0 Å². The summed E-state index contributed by atoms with van der Waals surface area (Å²) in [6.45, 7) is 1.72. The Hall–Kier alpha value is -4.38. The number of para-hydroxylation sites is 1. The van der Waals surface area contributed by atoms with Crippen molar-refractivity contribution in [2.45, 2.75) is 6.92 Å². The molecule has 5 aromatic rings. The second-order valence-corrected chi connectivity index (χ2v) is 7.09. The topological polar surface area (TPSA) is 131 Å². The number of hydrogen-bond donors (Lipinski definition) is 0. The van der Waals surface area contributed by atoms with Crippen LogP contribution in [-0.2, 0) is 0 Å². The van der Waals surface area contributed by atoms with Gasteiger partial charge in [-0.1, -0.05) is 28.9 Å². The smallest absolute Gasteiger partial charge is 0.296 e. The second kappa shape index (κ2) is 8.63. The average molecular weight is 463 g/mol. The minimum absolute atomic E-state index is 0.214. The zero-order valence-electron chi connectivity index (χ0n) is 17.4. The molecule has 0 amide bonds. The Morgan fingerprint density at radius 1 is 1.03 bits per heavy atom. The molecule has 4 heterocycles. The zero-order chi connectivity index (χ0) is 22.8. The number of benzene rings is 1. The van der Waals surface area contributed by atoms with E-state index in [0.29, 0.717) is 45.5 Å². The summed E-state index contributed by atoms with van der Waals surface area (Å²) in [6, 6.07) is 10.7. The normalized spacial score (nSPS) is 11.4. The lowest BCUT2D eigenvalue weighted by atomic mass is 10.3. The van der Waals surface area contributed by atoms with Crippen LogP contribution in [-0.4, -0.2) is 47.2 Å². The first kappa shape index (κ1) is 20.5. The molecule has 11 nitrogen and oxygen atoms in total. The predicted molar refractivity (Wildman–Crippen MR) is 117 cm³/mol. The van der Waals surface area contributed by atoms with Crippen molar-refractivity contribution in [3.63, 3.8) is 0 Å². The SMILES string of the molecule is COc1cc(-c2nnc(C=Cc3nnc(-c4nc(C)no4)n3-c3ccccc3Cl)o2)ccn1. The molecule has 164 valence electrons. The third-order valence-electron chi connectivity index (χ3n) is 4.51. The number of halogens is 1. The number of rotatable bonds is 6. The predicted octanol–water partition coefficient (Wildman–Crippen LogP) is 3.90. The summed E-state index contributed by atoms with van der Waals surface area (Å²) in [5.41, 5.74) is 1.33. The number of nitrogens with zero attached hydrogens (tertiary/aromatic N) is 8. The summed E-state index contributed by atoms with van der Waals surface area (Å²) < 4.78 is 17.9. The first-order valence-corrected chi connectivity index (χ1v) is 10.0. The van der Waals surface area contributed by atoms with E-state index in [0.717, 1.165) is 0 Å². The van der Waals surface area contributed by atoms with Gasteiger partial charge in [-0.2, -0.15) is 4.98 Å². The van der Waals surface area contributed by atoms with E-state index in [4.69, 9.17) is 25.3 Å². The van der Waals surface area contributed by atoms with Crippen LogP contribution in [0.3, 0.4) is 0 Å². The van der Waals surface area contributed by atoms with E-state index in [9.17, 15) is 0 Å². The summed E-state index contributed by atoms with van der Waals surface area (Å²) in [5, 5.41) is 20.9. The van der Waals surface area contributed by atoms with Crippen molar-refractivity contribution < 1.29 is 13.7 Å². The molecule has 12 heteroatoms. The highest BCUT2D eigenvalue weighted by molar-refractivity contribution is 6.32. The lowest BCUT2D eigenvalue weighted by Gasteiger charge is -2.08. The summed E-state index contributed by atoms with van der Waals surface area (Å²) in [7, 11) is 1.53. The summed E-state index contributed by atoms with van der Waals surface area (Å²) in [4.78, 5) is 8.32. The average Bonchev–Trinajstić information content (AvgIpc) is 3.57. The highest BCUT2D eigenvalue weighted by atomic mass is 35.5. The third kappa shape index (κ3) is 4.08. The van der Waals surface area contributed by atoms with E-state index in [-0.39, 0.29) is 11.8 Å². The fourth-order valence-corrected chi connectivity index (χ4v) is 3.24. The molecular weight excluding hydrogens is 448 g/mol. The molecule has 0 bridgehead atoms.